The van der Waals surface area contributed by atoms with Crippen LogP contribution in [-0.2, 0) is 13.1 Å². The molecule has 2 amide bonds. The maximum Gasteiger partial charge on any atom is 0.319 e. The molecule has 24 heavy (non-hydrogen) atoms. The lowest BCUT2D eigenvalue weighted by atomic mass is 10.1. The maximum absolute atomic E-state index is 12.1. The summed E-state index contributed by atoms with van der Waals surface area (Å²) in [6.45, 7) is 9.81. The Kier molecular flexibility index (Phi) is 6.82. The minimum Gasteiger partial charge on any atom is -0.334 e. The lowest BCUT2D eigenvalue weighted by Crippen LogP contribution is -2.29. The molecule has 4 nitrogen and oxygen atoms in total. The van der Waals surface area contributed by atoms with Gasteiger partial charge in [-0.15, -0.1) is 0 Å². The summed E-state index contributed by atoms with van der Waals surface area (Å²) in [4.78, 5) is 14.5. The summed E-state index contributed by atoms with van der Waals surface area (Å²) >= 11 is 0. The quantitative estimate of drug-likeness (QED) is 0.803. The fourth-order valence-corrected chi connectivity index (χ4v) is 2.65. The summed E-state index contributed by atoms with van der Waals surface area (Å²) in [5.74, 6) is 0. The Morgan fingerprint density at radius 1 is 1.00 bits per heavy atom. The van der Waals surface area contributed by atoms with E-state index in [2.05, 4.69) is 47.6 Å². The number of nitrogens with zero attached hydrogens (tertiary/aromatic N) is 1. The van der Waals surface area contributed by atoms with Crippen molar-refractivity contribution in [1.29, 1.82) is 0 Å². The summed E-state index contributed by atoms with van der Waals surface area (Å²) in [6, 6.07) is 15.9. The molecule has 0 atom stereocenters. The Morgan fingerprint density at radius 3 is 2.38 bits per heavy atom. The first-order chi connectivity index (χ1) is 11.6. The monoisotopic (exact) mass is 325 g/mol. The van der Waals surface area contributed by atoms with E-state index in [0.717, 1.165) is 36.4 Å². The molecule has 0 aliphatic carbocycles. The molecule has 0 saturated heterocycles. The number of carbonyl (C=O) groups is 1. The van der Waals surface area contributed by atoms with Crippen molar-refractivity contribution < 1.29 is 4.79 Å². The van der Waals surface area contributed by atoms with Crippen molar-refractivity contribution in [3.8, 4) is 0 Å². The van der Waals surface area contributed by atoms with Crippen molar-refractivity contribution in [1.82, 2.24) is 10.2 Å². The van der Waals surface area contributed by atoms with E-state index in [0.29, 0.717) is 6.54 Å². The van der Waals surface area contributed by atoms with Crippen LogP contribution in [0.25, 0.3) is 0 Å². The molecule has 0 bridgehead atoms. The van der Waals surface area contributed by atoms with Crippen molar-refractivity contribution >= 4 is 11.7 Å². The van der Waals surface area contributed by atoms with Crippen molar-refractivity contribution in [3.63, 3.8) is 0 Å². The van der Waals surface area contributed by atoms with Gasteiger partial charge in [-0.25, -0.2) is 4.79 Å². The molecular formula is C20H27N3O. The third-order valence-corrected chi connectivity index (χ3v) is 4.12. The summed E-state index contributed by atoms with van der Waals surface area (Å²) in [6.07, 6.45) is 0. The molecule has 2 aromatic rings. The van der Waals surface area contributed by atoms with Crippen molar-refractivity contribution in [3.05, 3.63) is 65.2 Å². The predicted octanol–water partition coefficient (Wildman–Crippen LogP) is 4.16. The highest BCUT2D eigenvalue weighted by Gasteiger charge is 2.08. The van der Waals surface area contributed by atoms with Gasteiger partial charge in [0.25, 0.3) is 0 Å². The fourth-order valence-electron chi connectivity index (χ4n) is 2.65. The second-order valence-corrected chi connectivity index (χ2v) is 5.91. The number of urea groups is 1. The van der Waals surface area contributed by atoms with Crippen LogP contribution in [0.1, 0.15) is 30.5 Å². The van der Waals surface area contributed by atoms with Gasteiger partial charge < -0.3 is 10.6 Å². The Bertz CT molecular complexity index is 665. The molecule has 0 fully saturated rings. The smallest absolute Gasteiger partial charge is 0.319 e. The zero-order chi connectivity index (χ0) is 17.4. The topological polar surface area (TPSA) is 44.4 Å². The number of anilines is 1. The van der Waals surface area contributed by atoms with Crippen LogP contribution in [0, 0.1) is 6.92 Å². The molecule has 2 aromatic carbocycles. The van der Waals surface area contributed by atoms with E-state index in [4.69, 9.17) is 0 Å². The van der Waals surface area contributed by atoms with Crippen LogP contribution < -0.4 is 10.6 Å². The Hall–Kier alpha value is -2.33. The van der Waals surface area contributed by atoms with Crippen LogP contribution >= 0.6 is 0 Å². The van der Waals surface area contributed by atoms with Gasteiger partial charge in [0.05, 0.1) is 0 Å². The van der Waals surface area contributed by atoms with Gasteiger partial charge in [-0.1, -0.05) is 50.2 Å². The predicted molar refractivity (Wildman–Crippen MR) is 100 cm³/mol. The number of aryl methyl sites for hydroxylation is 1. The van der Waals surface area contributed by atoms with E-state index in [9.17, 15) is 4.79 Å². The zero-order valence-electron chi connectivity index (χ0n) is 14.8. The van der Waals surface area contributed by atoms with E-state index >= 15 is 0 Å². The largest absolute Gasteiger partial charge is 0.334 e. The standard InChI is InChI=1S/C20H27N3O/c1-4-23(5-2)15-18-11-7-6-10-17(18)14-21-20(24)22-19-12-8-9-16(3)13-19/h6-13H,4-5,14-15H2,1-3H3,(H2,21,22,24). The van der Waals surface area contributed by atoms with E-state index in [-0.39, 0.29) is 6.03 Å². The highest BCUT2D eigenvalue weighted by atomic mass is 16.2. The Morgan fingerprint density at radius 2 is 1.71 bits per heavy atom. The summed E-state index contributed by atoms with van der Waals surface area (Å²) < 4.78 is 0. The van der Waals surface area contributed by atoms with Crippen LogP contribution in [0.2, 0.25) is 0 Å². The maximum atomic E-state index is 12.1. The summed E-state index contributed by atoms with van der Waals surface area (Å²) in [5.41, 5.74) is 4.35. The molecule has 0 heterocycles. The second-order valence-electron chi connectivity index (χ2n) is 5.91. The zero-order valence-corrected chi connectivity index (χ0v) is 14.8. The SMILES string of the molecule is CCN(CC)Cc1ccccc1CNC(=O)Nc1cccc(C)c1. The van der Waals surface area contributed by atoms with Crippen LogP contribution in [0.4, 0.5) is 10.5 Å². The first-order valence-corrected chi connectivity index (χ1v) is 8.53. The summed E-state index contributed by atoms with van der Waals surface area (Å²) in [7, 11) is 0. The van der Waals surface area contributed by atoms with Gasteiger partial charge >= 0.3 is 6.03 Å². The van der Waals surface area contributed by atoms with Gasteiger partial charge in [-0.3, -0.25) is 4.90 Å². The average Bonchev–Trinajstić information content (AvgIpc) is 2.58. The first kappa shape index (κ1) is 18.0. The molecule has 0 aromatic heterocycles. The minimum absolute atomic E-state index is 0.182. The van der Waals surface area contributed by atoms with E-state index in [1.807, 2.05) is 37.3 Å². The number of benzene rings is 2. The number of carbonyl (C=O) groups excluding carboxylic acids is 1. The number of amides is 2. The Balaban J connectivity index is 1.95. The third-order valence-electron chi connectivity index (χ3n) is 4.12. The van der Waals surface area contributed by atoms with Crippen LogP contribution in [0.5, 0.6) is 0 Å². The van der Waals surface area contributed by atoms with Crippen molar-refractivity contribution in [2.45, 2.75) is 33.9 Å². The average molecular weight is 325 g/mol. The molecule has 2 N–H and O–H groups in total. The highest BCUT2D eigenvalue weighted by molar-refractivity contribution is 5.89. The molecule has 128 valence electrons. The molecule has 4 heteroatoms. The van der Waals surface area contributed by atoms with Gasteiger partial charge in [0.2, 0.25) is 0 Å². The molecule has 0 radical (unpaired) electrons. The van der Waals surface area contributed by atoms with Gasteiger partial charge in [-0.2, -0.15) is 0 Å². The molecule has 0 unspecified atom stereocenters. The normalized spacial score (nSPS) is 10.7. The molecule has 0 aliphatic heterocycles. The molecule has 0 spiro atoms. The minimum atomic E-state index is -0.182. The van der Waals surface area contributed by atoms with E-state index in [1.165, 1.54) is 5.56 Å². The van der Waals surface area contributed by atoms with Crippen LogP contribution in [0.3, 0.4) is 0 Å². The van der Waals surface area contributed by atoms with Crippen molar-refractivity contribution in [2.24, 2.45) is 0 Å². The van der Waals surface area contributed by atoms with E-state index < -0.39 is 0 Å². The highest BCUT2D eigenvalue weighted by Crippen LogP contribution is 2.12. The van der Waals surface area contributed by atoms with Gasteiger partial charge in [0.1, 0.15) is 0 Å². The third kappa shape index (κ3) is 5.39. The molecular weight excluding hydrogens is 298 g/mol. The van der Waals surface area contributed by atoms with E-state index in [1.54, 1.807) is 0 Å². The number of hydrogen-bond acceptors (Lipinski definition) is 2. The van der Waals surface area contributed by atoms with Crippen LogP contribution in [0.15, 0.2) is 48.5 Å². The fraction of sp³-hybridized carbons (Fsp3) is 0.350. The molecule has 0 aliphatic rings. The van der Waals surface area contributed by atoms with Crippen LogP contribution in [-0.4, -0.2) is 24.0 Å². The Labute approximate surface area is 144 Å². The first-order valence-electron chi connectivity index (χ1n) is 8.53. The lowest BCUT2D eigenvalue weighted by molar-refractivity contribution is 0.251. The lowest BCUT2D eigenvalue weighted by Gasteiger charge is -2.20. The van der Waals surface area contributed by atoms with Gasteiger partial charge in [0, 0.05) is 18.8 Å². The number of rotatable bonds is 7. The summed E-state index contributed by atoms with van der Waals surface area (Å²) in [5, 5.41) is 5.82. The molecule has 2 rings (SSSR count). The number of hydrogen-bond donors (Lipinski definition) is 2. The molecule has 0 saturated carbocycles. The second kappa shape index (κ2) is 9.08. The van der Waals surface area contributed by atoms with Crippen molar-refractivity contribution in [2.75, 3.05) is 18.4 Å². The number of nitrogens with one attached hydrogen (secondary N) is 2. The van der Waals surface area contributed by atoms with Gasteiger partial charge in [0.15, 0.2) is 0 Å². The van der Waals surface area contributed by atoms with Gasteiger partial charge in [-0.05, 0) is 48.8 Å².